The second-order valence-electron chi connectivity index (χ2n) is 5.85. The van der Waals surface area contributed by atoms with Crippen LogP contribution in [0.3, 0.4) is 0 Å². The van der Waals surface area contributed by atoms with Crippen molar-refractivity contribution in [2.45, 2.75) is 38.3 Å². The van der Waals surface area contributed by atoms with Crippen molar-refractivity contribution in [2.24, 2.45) is 11.7 Å². The SMILES string of the molecule is CN(Cc1cc([N+](=O)[O-])ccc1Cl)C(=O)C1CCCC(N)C1. The first-order chi connectivity index (χ1) is 10.4. The number of nitro benzene ring substituents is 1. The van der Waals surface area contributed by atoms with E-state index < -0.39 is 4.92 Å². The second kappa shape index (κ2) is 7.07. The lowest BCUT2D eigenvalue weighted by molar-refractivity contribution is -0.384. The first-order valence-corrected chi connectivity index (χ1v) is 7.69. The molecule has 2 atom stereocenters. The molecule has 120 valence electrons. The highest BCUT2D eigenvalue weighted by atomic mass is 35.5. The molecular weight excluding hydrogens is 306 g/mol. The van der Waals surface area contributed by atoms with E-state index >= 15 is 0 Å². The maximum atomic E-state index is 12.5. The van der Waals surface area contributed by atoms with Crippen LogP contribution >= 0.6 is 11.6 Å². The molecule has 0 heterocycles. The minimum atomic E-state index is -0.470. The number of hydrogen-bond donors (Lipinski definition) is 1. The van der Waals surface area contributed by atoms with Gasteiger partial charge in [0.05, 0.1) is 4.92 Å². The van der Waals surface area contributed by atoms with Crippen molar-refractivity contribution in [1.29, 1.82) is 0 Å². The van der Waals surface area contributed by atoms with Gasteiger partial charge < -0.3 is 10.6 Å². The molecule has 2 N–H and O–H groups in total. The fourth-order valence-electron chi connectivity index (χ4n) is 2.89. The van der Waals surface area contributed by atoms with Crippen molar-refractivity contribution in [3.05, 3.63) is 38.9 Å². The Labute approximate surface area is 134 Å². The van der Waals surface area contributed by atoms with Gasteiger partial charge in [0.1, 0.15) is 0 Å². The zero-order chi connectivity index (χ0) is 16.3. The topological polar surface area (TPSA) is 89.5 Å². The molecule has 0 bridgehead atoms. The Morgan fingerprint density at radius 1 is 1.50 bits per heavy atom. The number of nitro groups is 1. The molecule has 0 radical (unpaired) electrons. The van der Waals surface area contributed by atoms with E-state index in [1.54, 1.807) is 11.9 Å². The van der Waals surface area contributed by atoms with Crippen LogP contribution in [-0.4, -0.2) is 28.8 Å². The summed E-state index contributed by atoms with van der Waals surface area (Å²) in [6, 6.07) is 4.34. The molecule has 1 amide bonds. The van der Waals surface area contributed by atoms with Crippen molar-refractivity contribution in [3.8, 4) is 0 Å². The number of nitrogens with two attached hydrogens (primary N) is 1. The van der Waals surface area contributed by atoms with E-state index in [9.17, 15) is 14.9 Å². The summed E-state index contributed by atoms with van der Waals surface area (Å²) in [5, 5.41) is 11.3. The Kier molecular flexibility index (Phi) is 5.37. The summed E-state index contributed by atoms with van der Waals surface area (Å²) < 4.78 is 0. The average Bonchev–Trinajstić information content (AvgIpc) is 2.48. The summed E-state index contributed by atoms with van der Waals surface area (Å²) in [4.78, 5) is 24.4. The van der Waals surface area contributed by atoms with E-state index in [-0.39, 0.29) is 30.1 Å². The van der Waals surface area contributed by atoms with Crippen LogP contribution in [0.1, 0.15) is 31.2 Å². The van der Waals surface area contributed by atoms with Crippen molar-refractivity contribution >= 4 is 23.2 Å². The molecule has 0 spiro atoms. The molecule has 1 aliphatic carbocycles. The van der Waals surface area contributed by atoms with Gasteiger partial charge in [0, 0.05) is 42.7 Å². The summed E-state index contributed by atoms with van der Waals surface area (Å²) >= 11 is 6.08. The lowest BCUT2D eigenvalue weighted by atomic mass is 9.85. The zero-order valence-electron chi connectivity index (χ0n) is 12.5. The van der Waals surface area contributed by atoms with Crippen molar-refractivity contribution in [1.82, 2.24) is 4.90 Å². The van der Waals surface area contributed by atoms with Gasteiger partial charge >= 0.3 is 0 Å². The highest BCUT2D eigenvalue weighted by Crippen LogP contribution is 2.27. The first-order valence-electron chi connectivity index (χ1n) is 7.32. The average molecular weight is 326 g/mol. The molecular formula is C15H20ClN3O3. The van der Waals surface area contributed by atoms with Crippen LogP contribution in [-0.2, 0) is 11.3 Å². The number of carbonyl (C=O) groups excluding carboxylic acids is 1. The van der Waals surface area contributed by atoms with E-state index in [1.807, 2.05) is 0 Å². The van der Waals surface area contributed by atoms with Crippen LogP contribution in [0.15, 0.2) is 18.2 Å². The van der Waals surface area contributed by atoms with Crippen molar-refractivity contribution < 1.29 is 9.72 Å². The fourth-order valence-corrected chi connectivity index (χ4v) is 3.07. The molecule has 1 aromatic rings. The molecule has 0 aromatic heterocycles. The van der Waals surface area contributed by atoms with Gasteiger partial charge in [0.25, 0.3) is 5.69 Å². The van der Waals surface area contributed by atoms with Gasteiger partial charge in [-0.25, -0.2) is 0 Å². The fraction of sp³-hybridized carbons (Fsp3) is 0.533. The third-order valence-electron chi connectivity index (χ3n) is 4.09. The van der Waals surface area contributed by atoms with Gasteiger partial charge in [-0.3, -0.25) is 14.9 Å². The highest BCUT2D eigenvalue weighted by Gasteiger charge is 2.28. The van der Waals surface area contributed by atoms with Crippen molar-refractivity contribution in [2.75, 3.05) is 7.05 Å². The number of halogens is 1. The first kappa shape index (κ1) is 16.7. The molecule has 7 heteroatoms. The monoisotopic (exact) mass is 325 g/mol. The molecule has 1 aromatic carbocycles. The summed E-state index contributed by atoms with van der Waals surface area (Å²) in [7, 11) is 1.69. The Balaban J connectivity index is 2.07. The molecule has 22 heavy (non-hydrogen) atoms. The largest absolute Gasteiger partial charge is 0.341 e. The number of carbonyl (C=O) groups is 1. The predicted octanol–water partition coefficient (Wildman–Crippen LogP) is 2.72. The van der Waals surface area contributed by atoms with Crippen LogP contribution in [0.5, 0.6) is 0 Å². The lowest BCUT2D eigenvalue weighted by Crippen LogP contribution is -2.38. The molecule has 1 saturated carbocycles. The van der Waals surface area contributed by atoms with Gasteiger partial charge in [0.2, 0.25) is 5.91 Å². The van der Waals surface area contributed by atoms with E-state index in [0.717, 1.165) is 19.3 Å². The van der Waals surface area contributed by atoms with Gasteiger partial charge in [-0.05, 0) is 30.9 Å². The zero-order valence-corrected chi connectivity index (χ0v) is 13.3. The highest BCUT2D eigenvalue weighted by molar-refractivity contribution is 6.31. The minimum absolute atomic E-state index is 0.0257. The van der Waals surface area contributed by atoms with Crippen molar-refractivity contribution in [3.63, 3.8) is 0 Å². The van der Waals surface area contributed by atoms with E-state index in [2.05, 4.69) is 0 Å². The number of hydrogen-bond acceptors (Lipinski definition) is 4. The summed E-state index contributed by atoms with van der Waals surface area (Å²) in [6.45, 7) is 0.255. The number of amides is 1. The van der Waals surface area contributed by atoms with Crippen LogP contribution in [0.25, 0.3) is 0 Å². The van der Waals surface area contributed by atoms with Crippen LogP contribution in [0.4, 0.5) is 5.69 Å². The molecule has 2 unspecified atom stereocenters. The summed E-state index contributed by atoms with van der Waals surface area (Å²) in [5.74, 6) is -0.0380. The summed E-state index contributed by atoms with van der Waals surface area (Å²) in [6.07, 6.45) is 3.47. The number of nitrogens with zero attached hydrogens (tertiary/aromatic N) is 2. The third-order valence-corrected chi connectivity index (χ3v) is 4.46. The van der Waals surface area contributed by atoms with Crippen LogP contribution in [0.2, 0.25) is 5.02 Å². The maximum Gasteiger partial charge on any atom is 0.269 e. The van der Waals surface area contributed by atoms with Gasteiger partial charge in [0.15, 0.2) is 0 Å². The van der Waals surface area contributed by atoms with E-state index in [4.69, 9.17) is 17.3 Å². The molecule has 6 nitrogen and oxygen atoms in total. The Morgan fingerprint density at radius 2 is 2.23 bits per heavy atom. The van der Waals surface area contributed by atoms with Crippen LogP contribution < -0.4 is 5.73 Å². The smallest absolute Gasteiger partial charge is 0.269 e. The predicted molar refractivity (Wildman–Crippen MR) is 84.5 cm³/mol. The number of rotatable bonds is 4. The van der Waals surface area contributed by atoms with Gasteiger partial charge in [-0.1, -0.05) is 18.0 Å². The Morgan fingerprint density at radius 3 is 2.86 bits per heavy atom. The summed E-state index contributed by atoms with van der Waals surface area (Å²) in [5.41, 5.74) is 6.47. The number of non-ortho nitro benzene ring substituents is 1. The Bertz CT molecular complexity index is 579. The van der Waals surface area contributed by atoms with E-state index in [1.165, 1.54) is 18.2 Å². The minimum Gasteiger partial charge on any atom is -0.341 e. The molecule has 0 aliphatic heterocycles. The molecule has 2 rings (SSSR count). The van der Waals surface area contributed by atoms with Gasteiger partial charge in [-0.2, -0.15) is 0 Å². The van der Waals surface area contributed by atoms with Crippen LogP contribution in [0, 0.1) is 16.0 Å². The van der Waals surface area contributed by atoms with Gasteiger partial charge in [-0.15, -0.1) is 0 Å². The second-order valence-corrected chi connectivity index (χ2v) is 6.26. The normalized spacial score (nSPS) is 21.4. The lowest BCUT2D eigenvalue weighted by Gasteiger charge is -2.29. The Hall–Kier alpha value is -1.66. The standard InChI is InChI=1S/C15H20ClN3O3/c1-18(15(20)10-3-2-4-12(17)7-10)9-11-8-13(19(21)22)5-6-14(11)16/h5-6,8,10,12H,2-4,7,9,17H2,1H3. The van der Waals surface area contributed by atoms with E-state index in [0.29, 0.717) is 17.0 Å². The number of benzene rings is 1. The molecule has 1 aliphatic rings. The molecule has 0 saturated heterocycles. The quantitative estimate of drug-likeness (QED) is 0.680. The molecule has 1 fully saturated rings. The third kappa shape index (κ3) is 3.96. The maximum absolute atomic E-state index is 12.5.